The van der Waals surface area contributed by atoms with Crippen LogP contribution >= 0.6 is 35.1 Å². The molecule has 3 aromatic rings. The molecule has 1 aromatic carbocycles. The number of aromatic nitrogens is 3. The monoisotopic (exact) mass is 407 g/mol. The second-order valence-corrected chi connectivity index (χ2v) is 7.57. The highest BCUT2D eigenvalue weighted by Gasteiger charge is 2.14. The number of benzene rings is 1. The van der Waals surface area contributed by atoms with Crippen LogP contribution in [0.4, 0.5) is 0 Å². The first-order valence-electron chi connectivity index (χ1n) is 7.61. The van der Waals surface area contributed by atoms with Crippen LogP contribution in [0.15, 0.2) is 60.9 Å². The summed E-state index contributed by atoms with van der Waals surface area (Å²) in [4.78, 5) is 16.8. The van der Waals surface area contributed by atoms with Gasteiger partial charge in [-0.2, -0.15) is 0 Å². The predicted octanol–water partition coefficient (Wildman–Crippen LogP) is 4.98. The van der Waals surface area contributed by atoms with E-state index in [1.54, 1.807) is 24.3 Å². The highest BCUT2D eigenvalue weighted by molar-refractivity contribution is 8.04. The van der Waals surface area contributed by atoms with Crippen molar-refractivity contribution in [3.05, 3.63) is 57.9 Å². The molecule has 6 nitrogen and oxygen atoms in total. The van der Waals surface area contributed by atoms with Crippen LogP contribution in [0.1, 0.15) is 18.5 Å². The molecule has 3 rings (SSSR count). The minimum atomic E-state index is -1.07. The lowest BCUT2D eigenvalue weighted by molar-refractivity contribution is -0.131. The topological polar surface area (TPSA) is 92.0 Å². The lowest BCUT2D eigenvalue weighted by Crippen LogP contribution is -1.97. The fourth-order valence-corrected chi connectivity index (χ4v) is 3.54. The molecule has 0 aliphatic heterocycles. The Labute approximate surface area is 163 Å². The summed E-state index contributed by atoms with van der Waals surface area (Å²) in [6, 6.07) is 10.9. The molecule has 0 spiro atoms. The molecular formula is C17H14ClN3O3S2. The third kappa shape index (κ3) is 4.94. The van der Waals surface area contributed by atoms with Gasteiger partial charge >= 0.3 is 5.97 Å². The molecule has 0 bridgehead atoms. The fourth-order valence-electron chi connectivity index (χ4n) is 1.93. The number of carbonyl (C=O) groups is 1. The van der Waals surface area contributed by atoms with Gasteiger partial charge in [0.05, 0.1) is 0 Å². The summed E-state index contributed by atoms with van der Waals surface area (Å²) in [7, 11) is 0. The van der Waals surface area contributed by atoms with E-state index >= 15 is 0 Å². The molecule has 2 aromatic heterocycles. The van der Waals surface area contributed by atoms with Gasteiger partial charge in [0, 0.05) is 22.4 Å². The van der Waals surface area contributed by atoms with Gasteiger partial charge in [-0.3, -0.25) is 5.10 Å². The Morgan fingerprint density at radius 3 is 2.73 bits per heavy atom. The molecule has 134 valence electrons. The average Bonchev–Trinajstić information content (AvgIpc) is 3.25. The lowest BCUT2D eigenvalue weighted by atomic mass is 10.4. The van der Waals surface area contributed by atoms with Gasteiger partial charge in [-0.1, -0.05) is 30.3 Å². The molecule has 0 saturated heterocycles. The van der Waals surface area contributed by atoms with Crippen LogP contribution in [0.2, 0.25) is 5.02 Å². The van der Waals surface area contributed by atoms with Gasteiger partial charge in [-0.15, -0.1) is 5.10 Å². The smallest absolute Gasteiger partial charge is 0.342 e. The van der Waals surface area contributed by atoms with Crippen molar-refractivity contribution in [2.45, 2.75) is 28.5 Å². The van der Waals surface area contributed by atoms with Crippen molar-refractivity contribution in [1.29, 1.82) is 0 Å². The number of aromatic amines is 1. The van der Waals surface area contributed by atoms with Gasteiger partial charge in [0.25, 0.3) is 0 Å². The van der Waals surface area contributed by atoms with E-state index in [0.29, 0.717) is 33.3 Å². The number of thioether (sulfide) groups is 1. The van der Waals surface area contributed by atoms with E-state index in [2.05, 4.69) is 15.2 Å². The molecule has 26 heavy (non-hydrogen) atoms. The third-order valence-corrected chi connectivity index (χ3v) is 5.22. The van der Waals surface area contributed by atoms with Crippen LogP contribution < -0.4 is 0 Å². The molecule has 0 atom stereocenters. The molecule has 0 aliphatic rings. The maximum atomic E-state index is 11.5. The summed E-state index contributed by atoms with van der Waals surface area (Å²) < 4.78 is 5.69. The number of hydrogen-bond donors (Lipinski definition) is 2. The van der Waals surface area contributed by atoms with Crippen LogP contribution in [0.3, 0.4) is 0 Å². The number of hydrogen-bond acceptors (Lipinski definition) is 6. The molecule has 2 N–H and O–H groups in total. The molecule has 0 aliphatic carbocycles. The summed E-state index contributed by atoms with van der Waals surface area (Å²) >= 11 is 8.27. The fraction of sp³-hybridized carbons (Fsp3) is 0.118. The molecule has 0 saturated carbocycles. The van der Waals surface area contributed by atoms with Crippen molar-refractivity contribution < 1.29 is 14.3 Å². The quantitative estimate of drug-likeness (QED) is 0.421. The second-order valence-electron chi connectivity index (χ2n) is 5.05. The van der Waals surface area contributed by atoms with Crippen LogP contribution in [0.5, 0.6) is 0 Å². The zero-order chi connectivity index (χ0) is 18.5. The number of halogens is 1. The van der Waals surface area contributed by atoms with Gasteiger partial charge in [-0.25, -0.2) is 9.78 Å². The number of carboxylic acid groups (broad SMARTS) is 1. The Morgan fingerprint density at radius 2 is 2.08 bits per heavy atom. The van der Waals surface area contributed by atoms with E-state index in [9.17, 15) is 9.90 Å². The summed E-state index contributed by atoms with van der Waals surface area (Å²) in [6.45, 7) is 1.94. The van der Waals surface area contributed by atoms with Crippen LogP contribution in [-0.2, 0) is 11.2 Å². The first kappa shape index (κ1) is 18.6. The van der Waals surface area contributed by atoms with Crippen LogP contribution in [0.25, 0.3) is 6.08 Å². The largest absolute Gasteiger partial charge is 0.477 e. The normalized spacial score (nSPS) is 11.7. The number of nitrogens with one attached hydrogen (secondary N) is 1. The Kier molecular flexibility index (Phi) is 6.08. The standard InChI is InChI=1S/C17H14ClN3O3S2/c1-2-14-19-17(21-20-14)26-13(16(22)23)9-11-5-8-15(24-11)25-12-6-3-10(18)4-7-12/h3-9H,2H2,1H3,(H,22,23)(H,19,20,21)/b13-9-. The van der Waals surface area contributed by atoms with E-state index in [1.807, 2.05) is 19.1 Å². The average molecular weight is 408 g/mol. The third-order valence-electron chi connectivity index (χ3n) is 3.17. The van der Waals surface area contributed by atoms with E-state index in [0.717, 1.165) is 16.7 Å². The van der Waals surface area contributed by atoms with Crippen molar-refractivity contribution in [1.82, 2.24) is 15.2 Å². The van der Waals surface area contributed by atoms with E-state index in [-0.39, 0.29) is 4.91 Å². The van der Waals surface area contributed by atoms with E-state index in [1.165, 1.54) is 17.8 Å². The number of rotatable bonds is 7. The first-order chi connectivity index (χ1) is 12.5. The van der Waals surface area contributed by atoms with Gasteiger partial charge in [-0.05, 0) is 48.2 Å². The minimum Gasteiger partial charge on any atom is -0.477 e. The highest BCUT2D eigenvalue weighted by atomic mass is 35.5. The second kappa shape index (κ2) is 8.48. The number of aliphatic carboxylic acids is 1. The van der Waals surface area contributed by atoms with Gasteiger partial charge < -0.3 is 9.52 Å². The number of H-pyrrole nitrogens is 1. The Balaban J connectivity index is 1.74. The SMILES string of the molecule is CCc1nc(S/C(=C\c2ccc(Sc3ccc(Cl)cc3)o2)C(=O)O)n[nH]1. The predicted molar refractivity (Wildman–Crippen MR) is 102 cm³/mol. The van der Waals surface area contributed by atoms with Crippen molar-refractivity contribution in [2.24, 2.45) is 0 Å². The molecule has 9 heteroatoms. The van der Waals surface area contributed by atoms with Crippen molar-refractivity contribution in [2.75, 3.05) is 0 Å². The van der Waals surface area contributed by atoms with Crippen LogP contribution in [-0.4, -0.2) is 26.3 Å². The molecular weight excluding hydrogens is 394 g/mol. The Hall–Kier alpha value is -2.16. The van der Waals surface area contributed by atoms with E-state index < -0.39 is 5.97 Å². The zero-order valence-corrected chi connectivity index (χ0v) is 16.0. The summed E-state index contributed by atoms with van der Waals surface area (Å²) in [5.74, 6) is 0.0793. The van der Waals surface area contributed by atoms with Crippen molar-refractivity contribution >= 4 is 47.2 Å². The summed E-state index contributed by atoms with van der Waals surface area (Å²) in [5.41, 5.74) is 0. The zero-order valence-electron chi connectivity index (χ0n) is 13.6. The maximum absolute atomic E-state index is 11.5. The molecule has 2 heterocycles. The molecule has 0 unspecified atom stereocenters. The number of carboxylic acids is 1. The van der Waals surface area contributed by atoms with Gasteiger partial charge in [0.2, 0.25) is 5.16 Å². The lowest BCUT2D eigenvalue weighted by Gasteiger charge is -1.99. The van der Waals surface area contributed by atoms with Crippen molar-refractivity contribution in [3.8, 4) is 0 Å². The van der Waals surface area contributed by atoms with Gasteiger partial charge in [0.1, 0.15) is 16.5 Å². The first-order valence-corrected chi connectivity index (χ1v) is 9.62. The Bertz CT molecular complexity index is 935. The minimum absolute atomic E-state index is 0.0732. The number of furan rings is 1. The highest BCUT2D eigenvalue weighted by Crippen LogP contribution is 2.32. The van der Waals surface area contributed by atoms with Crippen LogP contribution in [0, 0.1) is 0 Å². The maximum Gasteiger partial charge on any atom is 0.342 e. The summed E-state index contributed by atoms with van der Waals surface area (Å²) in [6.07, 6.45) is 2.16. The Morgan fingerprint density at radius 1 is 1.31 bits per heavy atom. The van der Waals surface area contributed by atoms with E-state index in [4.69, 9.17) is 16.0 Å². The van der Waals surface area contributed by atoms with Crippen molar-refractivity contribution in [3.63, 3.8) is 0 Å². The number of nitrogens with zero attached hydrogens (tertiary/aromatic N) is 2. The number of aryl methyl sites for hydroxylation is 1. The molecule has 0 fully saturated rings. The van der Waals surface area contributed by atoms with Gasteiger partial charge in [0.15, 0.2) is 5.09 Å². The summed E-state index contributed by atoms with van der Waals surface area (Å²) in [5, 5.41) is 17.8. The molecule has 0 amide bonds. The molecule has 0 radical (unpaired) electrons.